The molecule has 0 radical (unpaired) electrons. The Labute approximate surface area is 113 Å². The molecule has 0 aliphatic carbocycles. The van der Waals surface area contributed by atoms with Crippen LogP contribution in [0.3, 0.4) is 0 Å². The van der Waals surface area contributed by atoms with Gasteiger partial charge in [0, 0.05) is 12.2 Å². The van der Waals surface area contributed by atoms with Crippen molar-refractivity contribution in [2.45, 2.75) is 13.5 Å². The van der Waals surface area contributed by atoms with Crippen molar-refractivity contribution in [1.29, 1.82) is 5.26 Å². The number of anilines is 1. The second-order valence-electron chi connectivity index (χ2n) is 4.31. The zero-order valence-electron chi connectivity index (χ0n) is 11.1. The maximum Gasteiger partial charge on any atom is 0.136 e. The van der Waals surface area contributed by atoms with Gasteiger partial charge in [-0.1, -0.05) is 24.3 Å². The minimum absolute atomic E-state index is 0.558. The van der Waals surface area contributed by atoms with E-state index in [0.29, 0.717) is 17.9 Å². The number of aryl methyl sites for hydroxylation is 1. The summed E-state index contributed by atoms with van der Waals surface area (Å²) in [6.07, 6.45) is 0. The standard InChI is InChI=1S/C16H16N2O/c1-12-5-3-4-6-15(12)18-11-13-7-8-14(10-17)16(9-13)19-2/h3-9,18H,11H2,1-2H3. The Balaban J connectivity index is 2.13. The number of para-hydroxylation sites is 1. The molecule has 0 heterocycles. The summed E-state index contributed by atoms with van der Waals surface area (Å²) in [5.41, 5.74) is 3.97. The first kappa shape index (κ1) is 13.0. The van der Waals surface area contributed by atoms with Crippen LogP contribution in [0.25, 0.3) is 0 Å². The first-order valence-corrected chi connectivity index (χ1v) is 6.11. The molecule has 0 saturated heterocycles. The van der Waals surface area contributed by atoms with Crippen molar-refractivity contribution in [2.24, 2.45) is 0 Å². The fourth-order valence-electron chi connectivity index (χ4n) is 1.91. The van der Waals surface area contributed by atoms with Crippen LogP contribution in [0.4, 0.5) is 5.69 Å². The number of benzene rings is 2. The van der Waals surface area contributed by atoms with Crippen LogP contribution in [0.1, 0.15) is 16.7 Å². The van der Waals surface area contributed by atoms with E-state index in [-0.39, 0.29) is 0 Å². The Kier molecular flexibility index (Phi) is 4.04. The van der Waals surface area contributed by atoms with Gasteiger partial charge in [-0.15, -0.1) is 0 Å². The molecule has 2 aromatic carbocycles. The van der Waals surface area contributed by atoms with Crippen molar-refractivity contribution in [3.05, 3.63) is 59.2 Å². The summed E-state index contributed by atoms with van der Waals surface area (Å²) >= 11 is 0. The van der Waals surface area contributed by atoms with Gasteiger partial charge in [-0.3, -0.25) is 0 Å². The monoisotopic (exact) mass is 252 g/mol. The Hall–Kier alpha value is -2.47. The molecule has 0 bridgehead atoms. The second kappa shape index (κ2) is 5.92. The molecule has 0 unspecified atom stereocenters. The molecule has 0 amide bonds. The fourth-order valence-corrected chi connectivity index (χ4v) is 1.91. The lowest BCUT2D eigenvalue weighted by Crippen LogP contribution is -2.01. The highest BCUT2D eigenvalue weighted by molar-refractivity contribution is 5.51. The van der Waals surface area contributed by atoms with Gasteiger partial charge < -0.3 is 10.1 Å². The van der Waals surface area contributed by atoms with Crippen molar-refractivity contribution in [3.63, 3.8) is 0 Å². The van der Waals surface area contributed by atoms with Crippen molar-refractivity contribution < 1.29 is 4.74 Å². The SMILES string of the molecule is COc1cc(CNc2ccccc2C)ccc1C#N. The molecule has 96 valence electrons. The predicted molar refractivity (Wildman–Crippen MR) is 76.2 cm³/mol. The summed E-state index contributed by atoms with van der Waals surface area (Å²) in [5, 5.41) is 12.3. The molecule has 2 rings (SSSR count). The smallest absolute Gasteiger partial charge is 0.136 e. The van der Waals surface area contributed by atoms with Crippen molar-refractivity contribution in [2.75, 3.05) is 12.4 Å². The van der Waals surface area contributed by atoms with E-state index in [1.165, 1.54) is 5.56 Å². The van der Waals surface area contributed by atoms with Gasteiger partial charge in [0.15, 0.2) is 0 Å². The van der Waals surface area contributed by atoms with Gasteiger partial charge in [-0.2, -0.15) is 5.26 Å². The van der Waals surface area contributed by atoms with E-state index < -0.39 is 0 Å². The van der Waals surface area contributed by atoms with E-state index in [1.807, 2.05) is 24.3 Å². The summed E-state index contributed by atoms with van der Waals surface area (Å²) in [4.78, 5) is 0. The first-order valence-electron chi connectivity index (χ1n) is 6.11. The average Bonchev–Trinajstić information content (AvgIpc) is 2.46. The minimum Gasteiger partial charge on any atom is -0.495 e. The lowest BCUT2D eigenvalue weighted by molar-refractivity contribution is 0.413. The van der Waals surface area contributed by atoms with Crippen LogP contribution < -0.4 is 10.1 Å². The molecule has 1 N–H and O–H groups in total. The van der Waals surface area contributed by atoms with E-state index in [0.717, 1.165) is 11.3 Å². The van der Waals surface area contributed by atoms with Crippen molar-refractivity contribution in [3.8, 4) is 11.8 Å². The normalized spacial score (nSPS) is 9.74. The van der Waals surface area contributed by atoms with Crippen molar-refractivity contribution >= 4 is 5.69 Å². The Bertz CT molecular complexity index is 614. The molecule has 0 aliphatic rings. The van der Waals surface area contributed by atoms with E-state index in [1.54, 1.807) is 13.2 Å². The molecule has 3 nitrogen and oxygen atoms in total. The zero-order chi connectivity index (χ0) is 13.7. The minimum atomic E-state index is 0.558. The van der Waals surface area contributed by atoms with Gasteiger partial charge in [0.1, 0.15) is 11.8 Å². The largest absolute Gasteiger partial charge is 0.495 e. The summed E-state index contributed by atoms with van der Waals surface area (Å²) in [7, 11) is 1.58. The number of hydrogen-bond donors (Lipinski definition) is 1. The average molecular weight is 252 g/mol. The molecule has 0 spiro atoms. The summed E-state index contributed by atoms with van der Waals surface area (Å²) in [5.74, 6) is 0.617. The third-order valence-corrected chi connectivity index (χ3v) is 3.01. The number of nitriles is 1. The third kappa shape index (κ3) is 3.05. The van der Waals surface area contributed by atoms with Crippen molar-refractivity contribution in [1.82, 2.24) is 0 Å². The molecule has 19 heavy (non-hydrogen) atoms. The van der Waals surface area contributed by atoms with Gasteiger partial charge in [0.25, 0.3) is 0 Å². The van der Waals surface area contributed by atoms with Crippen LogP contribution in [0.5, 0.6) is 5.75 Å². The Morgan fingerprint density at radius 3 is 2.68 bits per heavy atom. The number of ether oxygens (including phenoxy) is 1. The van der Waals surface area contributed by atoms with Gasteiger partial charge in [-0.25, -0.2) is 0 Å². The van der Waals surface area contributed by atoms with Gasteiger partial charge in [-0.05, 0) is 36.2 Å². The highest BCUT2D eigenvalue weighted by Gasteiger charge is 2.04. The number of nitrogens with zero attached hydrogens (tertiary/aromatic N) is 1. The quantitative estimate of drug-likeness (QED) is 0.906. The van der Waals surface area contributed by atoms with Gasteiger partial charge in [0.05, 0.1) is 12.7 Å². The maximum absolute atomic E-state index is 8.94. The molecular formula is C16H16N2O. The second-order valence-corrected chi connectivity index (χ2v) is 4.31. The number of hydrogen-bond acceptors (Lipinski definition) is 3. The summed E-state index contributed by atoms with van der Waals surface area (Å²) in [6, 6.07) is 15.9. The fraction of sp³-hybridized carbons (Fsp3) is 0.188. The van der Waals surface area contributed by atoms with E-state index in [2.05, 4.69) is 30.4 Å². The lowest BCUT2D eigenvalue weighted by Gasteiger charge is -2.10. The highest BCUT2D eigenvalue weighted by atomic mass is 16.5. The van der Waals surface area contributed by atoms with E-state index in [4.69, 9.17) is 10.00 Å². The Morgan fingerprint density at radius 2 is 2.00 bits per heavy atom. The molecule has 0 aromatic heterocycles. The molecular weight excluding hydrogens is 236 g/mol. The summed E-state index contributed by atoms with van der Waals surface area (Å²) < 4.78 is 5.20. The topological polar surface area (TPSA) is 45.0 Å². The molecule has 0 aliphatic heterocycles. The number of methoxy groups -OCH3 is 1. The zero-order valence-corrected chi connectivity index (χ0v) is 11.1. The van der Waals surface area contributed by atoms with E-state index >= 15 is 0 Å². The molecule has 0 fully saturated rings. The molecule has 2 aromatic rings. The third-order valence-electron chi connectivity index (χ3n) is 3.01. The molecule has 0 saturated carbocycles. The number of nitrogens with one attached hydrogen (secondary N) is 1. The lowest BCUT2D eigenvalue weighted by atomic mass is 10.1. The first-order chi connectivity index (χ1) is 9.24. The Morgan fingerprint density at radius 1 is 1.21 bits per heavy atom. The van der Waals surface area contributed by atoms with Crippen LogP contribution in [0, 0.1) is 18.3 Å². The molecule has 3 heteroatoms. The molecule has 0 atom stereocenters. The van der Waals surface area contributed by atoms with Crippen LogP contribution in [0.2, 0.25) is 0 Å². The number of rotatable bonds is 4. The van der Waals surface area contributed by atoms with Gasteiger partial charge >= 0.3 is 0 Å². The highest BCUT2D eigenvalue weighted by Crippen LogP contribution is 2.20. The predicted octanol–water partition coefficient (Wildman–Crippen LogP) is 3.49. The van der Waals surface area contributed by atoms with Gasteiger partial charge in [0.2, 0.25) is 0 Å². The van der Waals surface area contributed by atoms with Crippen LogP contribution in [-0.4, -0.2) is 7.11 Å². The maximum atomic E-state index is 8.94. The summed E-state index contributed by atoms with van der Waals surface area (Å²) in [6.45, 7) is 2.77. The van der Waals surface area contributed by atoms with E-state index in [9.17, 15) is 0 Å². The van der Waals surface area contributed by atoms with Crippen LogP contribution >= 0.6 is 0 Å². The van der Waals surface area contributed by atoms with Crippen LogP contribution in [-0.2, 0) is 6.54 Å². The van der Waals surface area contributed by atoms with Crippen LogP contribution in [0.15, 0.2) is 42.5 Å².